The fourth-order valence-corrected chi connectivity index (χ4v) is 3.99. The van der Waals surface area contributed by atoms with Crippen LogP contribution >= 0.6 is 0 Å². The molecule has 2 aromatic rings. The number of hydrogen-bond acceptors (Lipinski definition) is 4. The topological polar surface area (TPSA) is 78.1 Å². The van der Waals surface area contributed by atoms with Crippen LogP contribution in [0.4, 0.5) is 0 Å². The molecule has 6 nitrogen and oxygen atoms in total. The van der Waals surface area contributed by atoms with Gasteiger partial charge >= 0.3 is 5.97 Å². The van der Waals surface area contributed by atoms with Crippen molar-refractivity contribution in [1.82, 2.24) is 14.5 Å². The van der Waals surface area contributed by atoms with E-state index < -0.39 is 17.5 Å². The van der Waals surface area contributed by atoms with Gasteiger partial charge in [-0.15, -0.1) is 0 Å². The van der Waals surface area contributed by atoms with Crippen molar-refractivity contribution < 1.29 is 15.0 Å². The molecule has 1 saturated carbocycles. The Kier molecular flexibility index (Phi) is 3.81. The van der Waals surface area contributed by atoms with E-state index in [2.05, 4.69) is 10.00 Å². The van der Waals surface area contributed by atoms with Gasteiger partial charge in [0.25, 0.3) is 0 Å². The summed E-state index contributed by atoms with van der Waals surface area (Å²) in [7, 11) is 0. The van der Waals surface area contributed by atoms with Crippen LogP contribution in [0.2, 0.25) is 0 Å². The molecule has 4 rings (SSSR count). The normalized spacial score (nSPS) is 28.3. The molecule has 0 spiro atoms. The first-order valence-electron chi connectivity index (χ1n) is 8.64. The Balaban J connectivity index is 1.57. The molecule has 2 atom stereocenters. The second-order valence-corrected chi connectivity index (χ2v) is 7.31. The molecule has 1 aliphatic carbocycles. The van der Waals surface area contributed by atoms with Gasteiger partial charge in [0, 0.05) is 25.8 Å². The summed E-state index contributed by atoms with van der Waals surface area (Å²) in [5, 5.41) is 24.7. The second-order valence-electron chi connectivity index (χ2n) is 7.31. The minimum Gasteiger partial charge on any atom is -0.481 e. The zero-order valence-corrected chi connectivity index (χ0v) is 13.6. The number of carbonyl (C=O) groups is 1. The molecule has 1 aliphatic heterocycles. The first-order chi connectivity index (χ1) is 11.6. The van der Waals surface area contributed by atoms with Crippen molar-refractivity contribution in [1.29, 1.82) is 0 Å². The van der Waals surface area contributed by atoms with Crippen molar-refractivity contribution in [3.63, 3.8) is 0 Å². The molecule has 2 fully saturated rings. The van der Waals surface area contributed by atoms with Crippen LogP contribution in [0.25, 0.3) is 5.52 Å². The number of aromatic nitrogens is 2. The van der Waals surface area contributed by atoms with Crippen molar-refractivity contribution in [2.24, 2.45) is 11.3 Å². The Bertz CT molecular complexity index is 755. The van der Waals surface area contributed by atoms with Crippen LogP contribution in [0.15, 0.2) is 30.5 Å². The van der Waals surface area contributed by atoms with Crippen molar-refractivity contribution in [2.45, 2.75) is 38.3 Å². The fourth-order valence-electron chi connectivity index (χ4n) is 3.99. The number of nitrogens with zero attached hydrogens (tertiary/aromatic N) is 3. The Labute approximate surface area is 140 Å². The molecule has 2 aromatic heterocycles. The van der Waals surface area contributed by atoms with Crippen LogP contribution in [0.3, 0.4) is 0 Å². The summed E-state index contributed by atoms with van der Waals surface area (Å²) in [6.07, 6.45) is 4.29. The third-order valence-electron chi connectivity index (χ3n) is 5.52. The molecule has 1 saturated heterocycles. The summed E-state index contributed by atoms with van der Waals surface area (Å²) in [6.45, 7) is 1.75. The Hall–Kier alpha value is -1.92. The van der Waals surface area contributed by atoms with Crippen LogP contribution in [0, 0.1) is 11.3 Å². The summed E-state index contributed by atoms with van der Waals surface area (Å²) in [4.78, 5) is 14.2. The first-order valence-corrected chi connectivity index (χ1v) is 8.64. The number of fused-ring (bicyclic) bond motifs is 1. The van der Waals surface area contributed by atoms with E-state index in [1.54, 1.807) is 6.20 Å². The summed E-state index contributed by atoms with van der Waals surface area (Å²) in [5.41, 5.74) is 1.05. The van der Waals surface area contributed by atoms with Crippen LogP contribution in [0.1, 0.15) is 31.4 Å². The first kappa shape index (κ1) is 15.6. The van der Waals surface area contributed by atoms with E-state index in [0.717, 1.165) is 24.1 Å². The van der Waals surface area contributed by atoms with Crippen LogP contribution in [-0.2, 0) is 11.3 Å². The summed E-state index contributed by atoms with van der Waals surface area (Å²) < 4.78 is 1.90. The molecule has 128 valence electrons. The highest BCUT2D eigenvalue weighted by Crippen LogP contribution is 2.45. The molecule has 0 aromatic carbocycles. The number of aliphatic carboxylic acids is 1. The smallest absolute Gasteiger partial charge is 0.313 e. The van der Waals surface area contributed by atoms with Gasteiger partial charge in [0.2, 0.25) is 0 Å². The van der Waals surface area contributed by atoms with E-state index in [0.29, 0.717) is 38.4 Å². The maximum atomic E-state index is 12.0. The third-order valence-corrected chi connectivity index (χ3v) is 5.52. The molecule has 3 heterocycles. The molecule has 0 radical (unpaired) electrons. The predicted molar refractivity (Wildman–Crippen MR) is 88.5 cm³/mol. The lowest BCUT2D eigenvalue weighted by Gasteiger charge is -2.43. The number of carboxylic acid groups (broad SMARTS) is 1. The zero-order valence-electron chi connectivity index (χ0n) is 13.6. The maximum absolute atomic E-state index is 12.0. The lowest BCUT2D eigenvalue weighted by atomic mass is 9.73. The SMILES string of the molecule is O=C(O)[C@]1(CC2CC2)CN(Cc2cccc3ccnn23)CC[C@@H]1O. The van der Waals surface area contributed by atoms with E-state index in [4.69, 9.17) is 0 Å². The minimum absolute atomic E-state index is 0.400. The summed E-state index contributed by atoms with van der Waals surface area (Å²) in [6, 6.07) is 7.98. The van der Waals surface area contributed by atoms with Crippen molar-refractivity contribution in [3.05, 3.63) is 36.2 Å². The van der Waals surface area contributed by atoms with E-state index in [1.807, 2.05) is 28.8 Å². The number of pyridine rings is 1. The Morgan fingerprint density at radius 3 is 2.88 bits per heavy atom. The Morgan fingerprint density at radius 1 is 1.29 bits per heavy atom. The number of carboxylic acids is 1. The highest BCUT2D eigenvalue weighted by Gasteiger charge is 2.51. The summed E-state index contributed by atoms with van der Waals surface area (Å²) in [5.74, 6) is -0.394. The third kappa shape index (κ3) is 2.70. The van der Waals surface area contributed by atoms with Gasteiger partial charge in [0.1, 0.15) is 5.41 Å². The van der Waals surface area contributed by atoms with Crippen LogP contribution in [-0.4, -0.2) is 49.9 Å². The quantitative estimate of drug-likeness (QED) is 0.874. The predicted octanol–water partition coefficient (Wildman–Crippen LogP) is 1.77. The van der Waals surface area contributed by atoms with Gasteiger partial charge < -0.3 is 10.2 Å². The lowest BCUT2D eigenvalue weighted by Crippen LogP contribution is -2.56. The molecule has 6 heteroatoms. The molecule has 0 bridgehead atoms. The highest BCUT2D eigenvalue weighted by atomic mass is 16.4. The number of likely N-dealkylation sites (tertiary alicyclic amines) is 1. The molecular formula is C18H23N3O3. The summed E-state index contributed by atoms with van der Waals surface area (Å²) >= 11 is 0. The van der Waals surface area contributed by atoms with E-state index in [1.165, 1.54) is 0 Å². The molecule has 0 amide bonds. The molecule has 2 N–H and O–H groups in total. The number of hydrogen-bond donors (Lipinski definition) is 2. The van der Waals surface area contributed by atoms with Gasteiger partial charge in [-0.3, -0.25) is 9.69 Å². The van der Waals surface area contributed by atoms with Gasteiger partial charge in [-0.2, -0.15) is 5.10 Å². The average Bonchev–Trinajstić information content (AvgIpc) is 3.23. The van der Waals surface area contributed by atoms with Crippen LogP contribution in [0.5, 0.6) is 0 Å². The van der Waals surface area contributed by atoms with Crippen molar-refractivity contribution in [2.75, 3.05) is 13.1 Å². The molecular weight excluding hydrogens is 306 g/mol. The maximum Gasteiger partial charge on any atom is 0.313 e. The van der Waals surface area contributed by atoms with Gasteiger partial charge in [-0.1, -0.05) is 18.9 Å². The number of aliphatic hydroxyl groups excluding tert-OH is 1. The number of piperidine rings is 1. The number of aliphatic hydroxyl groups is 1. The van der Waals surface area contributed by atoms with E-state index >= 15 is 0 Å². The van der Waals surface area contributed by atoms with Crippen molar-refractivity contribution in [3.8, 4) is 0 Å². The zero-order chi connectivity index (χ0) is 16.7. The van der Waals surface area contributed by atoms with Crippen molar-refractivity contribution >= 4 is 11.5 Å². The largest absolute Gasteiger partial charge is 0.481 e. The van der Waals surface area contributed by atoms with Gasteiger partial charge in [-0.25, -0.2) is 4.52 Å². The Morgan fingerprint density at radius 2 is 2.12 bits per heavy atom. The minimum atomic E-state index is -1.03. The second kappa shape index (κ2) is 5.86. The standard InChI is InChI=1S/C18H23N3O3/c22-16-7-9-20(12-18(16,17(23)24)10-13-4-5-13)11-15-3-1-2-14-6-8-19-21(14)15/h1-3,6,8,13,16,22H,4-5,7,9-12H2,(H,23,24)/t16-,18+/m0/s1. The highest BCUT2D eigenvalue weighted by molar-refractivity contribution is 5.76. The lowest BCUT2D eigenvalue weighted by molar-refractivity contribution is -0.165. The molecule has 0 unspecified atom stereocenters. The number of rotatable bonds is 5. The van der Waals surface area contributed by atoms with Gasteiger partial charge in [0.15, 0.2) is 0 Å². The van der Waals surface area contributed by atoms with Gasteiger partial charge in [0.05, 0.1) is 17.3 Å². The average molecular weight is 329 g/mol. The van der Waals surface area contributed by atoms with Crippen LogP contribution < -0.4 is 0 Å². The van der Waals surface area contributed by atoms with E-state index in [9.17, 15) is 15.0 Å². The molecule has 24 heavy (non-hydrogen) atoms. The van der Waals surface area contributed by atoms with Gasteiger partial charge in [-0.05, 0) is 37.0 Å². The molecule has 2 aliphatic rings. The monoisotopic (exact) mass is 329 g/mol. The van der Waals surface area contributed by atoms with E-state index in [-0.39, 0.29) is 0 Å². The fraction of sp³-hybridized carbons (Fsp3) is 0.556.